The zero-order chi connectivity index (χ0) is 14.5. The lowest BCUT2D eigenvalue weighted by Crippen LogP contribution is -2.16. The number of nitrogens with one attached hydrogen (secondary N) is 2. The second-order valence-corrected chi connectivity index (χ2v) is 5.32. The van der Waals surface area contributed by atoms with Gasteiger partial charge in [0.05, 0.1) is 16.9 Å². The zero-order valence-corrected chi connectivity index (χ0v) is 13.0. The van der Waals surface area contributed by atoms with E-state index in [1.807, 2.05) is 18.2 Å². The van der Waals surface area contributed by atoms with Gasteiger partial charge in [-0.15, -0.1) is 0 Å². The third-order valence-corrected chi connectivity index (χ3v) is 3.55. The van der Waals surface area contributed by atoms with Crippen LogP contribution < -0.4 is 10.6 Å². The molecule has 2 rings (SSSR count). The summed E-state index contributed by atoms with van der Waals surface area (Å²) in [5, 5.41) is 5.50. The molecular formula is C15H13IN2O2. The summed E-state index contributed by atoms with van der Waals surface area (Å²) >= 11 is 2.12. The van der Waals surface area contributed by atoms with E-state index < -0.39 is 0 Å². The highest BCUT2D eigenvalue weighted by atomic mass is 127. The number of benzene rings is 2. The Labute approximate surface area is 130 Å². The van der Waals surface area contributed by atoms with E-state index in [0.29, 0.717) is 16.9 Å². The van der Waals surface area contributed by atoms with E-state index in [2.05, 4.69) is 33.2 Å². The zero-order valence-electron chi connectivity index (χ0n) is 10.8. The number of hydrogen-bond acceptors (Lipinski definition) is 2. The Morgan fingerprint density at radius 1 is 0.900 bits per heavy atom. The fraction of sp³-hybridized carbons (Fsp3) is 0.0667. The van der Waals surface area contributed by atoms with Gasteiger partial charge in [0, 0.05) is 10.5 Å². The number of carbonyl (C=O) groups is 2. The van der Waals surface area contributed by atoms with Crippen LogP contribution in [0.25, 0.3) is 0 Å². The van der Waals surface area contributed by atoms with Crippen molar-refractivity contribution in [2.45, 2.75) is 6.92 Å². The van der Waals surface area contributed by atoms with Gasteiger partial charge in [0.15, 0.2) is 0 Å². The molecular weight excluding hydrogens is 367 g/mol. The molecule has 0 atom stereocenters. The normalized spacial score (nSPS) is 9.90. The molecule has 0 aliphatic heterocycles. The molecule has 0 saturated carbocycles. The maximum atomic E-state index is 12.2. The summed E-state index contributed by atoms with van der Waals surface area (Å²) < 4.78 is 0.875. The molecule has 102 valence electrons. The third-order valence-electron chi connectivity index (χ3n) is 2.60. The second-order valence-electron chi connectivity index (χ2n) is 4.16. The van der Waals surface area contributed by atoms with Crippen molar-refractivity contribution in [1.29, 1.82) is 0 Å². The Morgan fingerprint density at radius 2 is 1.45 bits per heavy atom. The molecule has 2 aromatic carbocycles. The van der Waals surface area contributed by atoms with Crippen molar-refractivity contribution in [2.75, 3.05) is 10.6 Å². The molecule has 0 bridgehead atoms. The molecule has 0 unspecified atom stereocenters. The minimum Gasteiger partial charge on any atom is -0.325 e. The van der Waals surface area contributed by atoms with E-state index in [-0.39, 0.29) is 11.8 Å². The van der Waals surface area contributed by atoms with Crippen molar-refractivity contribution in [2.24, 2.45) is 0 Å². The smallest absolute Gasteiger partial charge is 0.256 e. The molecule has 0 aliphatic rings. The number of anilines is 2. The highest BCUT2D eigenvalue weighted by molar-refractivity contribution is 14.1. The summed E-state index contributed by atoms with van der Waals surface area (Å²) in [5.41, 5.74) is 1.76. The number of hydrogen-bond donors (Lipinski definition) is 2. The van der Waals surface area contributed by atoms with E-state index in [1.165, 1.54) is 6.92 Å². The molecule has 0 saturated heterocycles. The van der Waals surface area contributed by atoms with Gasteiger partial charge in [0.1, 0.15) is 0 Å². The lowest BCUT2D eigenvalue weighted by Gasteiger charge is -2.11. The van der Waals surface area contributed by atoms with Crippen molar-refractivity contribution < 1.29 is 9.59 Å². The standard InChI is InChI=1S/C15H13IN2O2/c1-10(19)17-13-8-4-5-9-14(13)18-15(20)11-6-2-3-7-12(11)16/h2-9H,1H3,(H,17,19)(H,18,20). The van der Waals surface area contributed by atoms with Gasteiger partial charge in [-0.05, 0) is 46.9 Å². The summed E-state index contributed by atoms with van der Waals surface area (Å²) in [6, 6.07) is 14.4. The van der Waals surface area contributed by atoms with Crippen LogP contribution in [0.1, 0.15) is 17.3 Å². The first-order valence-electron chi connectivity index (χ1n) is 6.00. The molecule has 2 amide bonds. The fourth-order valence-corrected chi connectivity index (χ4v) is 2.36. The lowest BCUT2D eigenvalue weighted by atomic mass is 10.2. The highest BCUT2D eigenvalue weighted by Crippen LogP contribution is 2.22. The predicted molar refractivity (Wildman–Crippen MR) is 87.9 cm³/mol. The minimum absolute atomic E-state index is 0.180. The quantitative estimate of drug-likeness (QED) is 0.801. The van der Waals surface area contributed by atoms with E-state index >= 15 is 0 Å². The van der Waals surface area contributed by atoms with Crippen molar-refractivity contribution in [3.8, 4) is 0 Å². The van der Waals surface area contributed by atoms with Gasteiger partial charge in [-0.25, -0.2) is 0 Å². The number of carbonyl (C=O) groups excluding carboxylic acids is 2. The molecule has 20 heavy (non-hydrogen) atoms. The van der Waals surface area contributed by atoms with Crippen LogP contribution in [0, 0.1) is 3.57 Å². The second kappa shape index (κ2) is 6.51. The van der Waals surface area contributed by atoms with Crippen LogP contribution in [0.3, 0.4) is 0 Å². The average Bonchev–Trinajstić information content (AvgIpc) is 2.41. The summed E-state index contributed by atoms with van der Waals surface area (Å²) in [5.74, 6) is -0.381. The number of rotatable bonds is 3. The summed E-state index contributed by atoms with van der Waals surface area (Å²) in [4.78, 5) is 23.4. The van der Waals surface area contributed by atoms with Crippen LogP contribution in [0.4, 0.5) is 11.4 Å². The largest absolute Gasteiger partial charge is 0.325 e. The lowest BCUT2D eigenvalue weighted by molar-refractivity contribution is -0.114. The van der Waals surface area contributed by atoms with Crippen molar-refractivity contribution in [3.63, 3.8) is 0 Å². The van der Waals surface area contributed by atoms with Crippen molar-refractivity contribution in [3.05, 3.63) is 57.7 Å². The van der Waals surface area contributed by atoms with Crippen LogP contribution in [-0.4, -0.2) is 11.8 Å². The molecule has 2 aromatic rings. The summed E-state index contributed by atoms with van der Waals surface area (Å²) in [7, 11) is 0. The number of halogens is 1. The Morgan fingerprint density at radius 3 is 2.05 bits per heavy atom. The Kier molecular flexibility index (Phi) is 4.73. The van der Waals surface area contributed by atoms with Gasteiger partial charge < -0.3 is 10.6 Å². The van der Waals surface area contributed by atoms with E-state index in [1.54, 1.807) is 30.3 Å². The molecule has 0 fully saturated rings. The van der Waals surface area contributed by atoms with E-state index in [9.17, 15) is 9.59 Å². The van der Waals surface area contributed by atoms with Crippen molar-refractivity contribution in [1.82, 2.24) is 0 Å². The van der Waals surface area contributed by atoms with E-state index in [0.717, 1.165) is 3.57 Å². The van der Waals surface area contributed by atoms with E-state index in [4.69, 9.17) is 0 Å². The molecule has 4 nitrogen and oxygen atoms in total. The SMILES string of the molecule is CC(=O)Nc1ccccc1NC(=O)c1ccccc1I. The molecule has 0 radical (unpaired) electrons. The summed E-state index contributed by atoms with van der Waals surface area (Å²) in [6.07, 6.45) is 0. The Bertz CT molecular complexity index is 656. The first kappa shape index (κ1) is 14.5. The first-order chi connectivity index (χ1) is 9.58. The topological polar surface area (TPSA) is 58.2 Å². The highest BCUT2D eigenvalue weighted by Gasteiger charge is 2.11. The van der Waals surface area contributed by atoms with Crippen LogP contribution in [0.15, 0.2) is 48.5 Å². The molecule has 0 spiro atoms. The van der Waals surface area contributed by atoms with Gasteiger partial charge in [-0.1, -0.05) is 24.3 Å². The van der Waals surface area contributed by atoms with Crippen LogP contribution in [-0.2, 0) is 4.79 Å². The summed E-state index contributed by atoms with van der Waals surface area (Å²) in [6.45, 7) is 1.43. The minimum atomic E-state index is -0.201. The van der Waals surface area contributed by atoms with Gasteiger partial charge in [0.2, 0.25) is 5.91 Å². The Hall–Kier alpha value is -1.89. The van der Waals surface area contributed by atoms with Crippen molar-refractivity contribution >= 4 is 45.8 Å². The monoisotopic (exact) mass is 380 g/mol. The maximum Gasteiger partial charge on any atom is 0.256 e. The molecule has 5 heteroatoms. The maximum absolute atomic E-state index is 12.2. The first-order valence-corrected chi connectivity index (χ1v) is 7.08. The van der Waals surface area contributed by atoms with Gasteiger partial charge in [-0.2, -0.15) is 0 Å². The molecule has 0 heterocycles. The molecule has 0 aromatic heterocycles. The van der Waals surface area contributed by atoms with Crippen LogP contribution in [0.2, 0.25) is 0 Å². The predicted octanol–water partition coefficient (Wildman–Crippen LogP) is 3.50. The average molecular weight is 380 g/mol. The Balaban J connectivity index is 2.24. The number of amides is 2. The van der Waals surface area contributed by atoms with Crippen LogP contribution >= 0.6 is 22.6 Å². The molecule has 0 aliphatic carbocycles. The van der Waals surface area contributed by atoms with Gasteiger partial charge >= 0.3 is 0 Å². The van der Waals surface area contributed by atoms with Gasteiger partial charge in [-0.3, -0.25) is 9.59 Å². The fourth-order valence-electron chi connectivity index (χ4n) is 1.73. The molecule has 2 N–H and O–H groups in total. The number of para-hydroxylation sites is 2. The van der Waals surface area contributed by atoms with Gasteiger partial charge in [0.25, 0.3) is 5.91 Å². The van der Waals surface area contributed by atoms with Crippen LogP contribution in [0.5, 0.6) is 0 Å². The third kappa shape index (κ3) is 3.57.